The van der Waals surface area contributed by atoms with E-state index in [0.29, 0.717) is 0 Å². The second kappa shape index (κ2) is 10.2. The van der Waals surface area contributed by atoms with Gasteiger partial charge in [-0.15, -0.1) is 12.4 Å². The topological polar surface area (TPSA) is 49.8 Å². The van der Waals surface area contributed by atoms with Crippen molar-refractivity contribution >= 4 is 24.1 Å². The largest absolute Gasteiger partial charge is 0.481 e. The van der Waals surface area contributed by atoms with Crippen LogP contribution < -0.4 is 9.64 Å². The molecule has 1 N–H and O–H groups in total. The third-order valence-electron chi connectivity index (χ3n) is 5.39. The van der Waals surface area contributed by atoms with E-state index in [1.54, 1.807) is 0 Å². The maximum atomic E-state index is 11.1. The molecule has 1 saturated heterocycles. The Hall–Kier alpha value is -2.98. The Bertz CT molecular complexity index is 960. The van der Waals surface area contributed by atoms with Gasteiger partial charge in [-0.2, -0.15) is 0 Å². The quantitative estimate of drug-likeness (QED) is 0.511. The summed E-state index contributed by atoms with van der Waals surface area (Å²) in [5.41, 5.74) is 3.44. The SMILES string of the molecule is Cl.O=C(O)C[C@H]1CCCN1c1ccc(Oc2ccccc2Cc2ccccc2)cc1. The molecular weight excluding hydrogens is 398 g/mol. The van der Waals surface area contributed by atoms with Gasteiger partial charge in [-0.25, -0.2) is 0 Å². The van der Waals surface area contributed by atoms with Crippen molar-refractivity contribution in [3.63, 3.8) is 0 Å². The normalized spacial score (nSPS) is 15.5. The molecule has 0 aliphatic carbocycles. The van der Waals surface area contributed by atoms with Crippen LogP contribution in [0.4, 0.5) is 5.69 Å². The van der Waals surface area contributed by atoms with Gasteiger partial charge in [0.15, 0.2) is 0 Å². The molecule has 1 heterocycles. The molecule has 156 valence electrons. The van der Waals surface area contributed by atoms with E-state index in [9.17, 15) is 4.79 Å². The van der Waals surface area contributed by atoms with Crippen LogP contribution in [0.5, 0.6) is 11.5 Å². The van der Waals surface area contributed by atoms with Gasteiger partial charge in [0.25, 0.3) is 0 Å². The van der Waals surface area contributed by atoms with Gasteiger partial charge in [0.05, 0.1) is 6.42 Å². The molecule has 3 aromatic carbocycles. The number of aliphatic carboxylic acids is 1. The number of ether oxygens (including phenoxy) is 1. The maximum Gasteiger partial charge on any atom is 0.305 e. The smallest absolute Gasteiger partial charge is 0.305 e. The first-order valence-electron chi connectivity index (χ1n) is 10.1. The molecule has 0 radical (unpaired) electrons. The van der Waals surface area contributed by atoms with E-state index in [1.165, 1.54) is 5.56 Å². The summed E-state index contributed by atoms with van der Waals surface area (Å²) < 4.78 is 6.18. The summed E-state index contributed by atoms with van der Waals surface area (Å²) in [5.74, 6) is 0.897. The number of carbonyl (C=O) groups is 1. The number of hydrogen-bond acceptors (Lipinski definition) is 3. The molecule has 0 bridgehead atoms. The molecule has 0 amide bonds. The Balaban J connectivity index is 0.00000256. The molecule has 1 aliphatic rings. The number of benzene rings is 3. The lowest BCUT2D eigenvalue weighted by molar-refractivity contribution is -0.137. The van der Waals surface area contributed by atoms with Crippen molar-refractivity contribution in [2.24, 2.45) is 0 Å². The first kappa shape index (κ1) is 21.7. The van der Waals surface area contributed by atoms with Crippen LogP contribution in [0.15, 0.2) is 78.9 Å². The summed E-state index contributed by atoms with van der Waals surface area (Å²) in [5, 5.41) is 9.13. The van der Waals surface area contributed by atoms with Crippen LogP contribution >= 0.6 is 12.4 Å². The number of para-hydroxylation sites is 1. The fourth-order valence-corrected chi connectivity index (χ4v) is 3.99. The molecule has 4 nitrogen and oxygen atoms in total. The highest BCUT2D eigenvalue weighted by Gasteiger charge is 2.26. The molecule has 0 aromatic heterocycles. The van der Waals surface area contributed by atoms with E-state index in [0.717, 1.165) is 48.6 Å². The fraction of sp³-hybridized carbons (Fsp3) is 0.240. The highest BCUT2D eigenvalue weighted by Crippen LogP contribution is 2.31. The van der Waals surface area contributed by atoms with Crippen LogP contribution in [-0.4, -0.2) is 23.7 Å². The van der Waals surface area contributed by atoms with E-state index in [4.69, 9.17) is 9.84 Å². The van der Waals surface area contributed by atoms with Gasteiger partial charge < -0.3 is 14.7 Å². The summed E-state index contributed by atoms with van der Waals surface area (Å²) in [6, 6.07) is 26.5. The van der Waals surface area contributed by atoms with Gasteiger partial charge in [-0.1, -0.05) is 48.5 Å². The molecule has 1 aliphatic heterocycles. The zero-order chi connectivity index (χ0) is 20.1. The van der Waals surface area contributed by atoms with Gasteiger partial charge in [-0.3, -0.25) is 4.79 Å². The Morgan fingerprint density at radius 1 is 0.967 bits per heavy atom. The predicted molar refractivity (Wildman–Crippen MR) is 122 cm³/mol. The zero-order valence-corrected chi connectivity index (χ0v) is 17.6. The van der Waals surface area contributed by atoms with Gasteiger partial charge >= 0.3 is 5.97 Å². The third kappa shape index (κ3) is 5.33. The summed E-state index contributed by atoms with van der Waals surface area (Å²) in [6.07, 6.45) is 2.96. The number of halogens is 1. The minimum atomic E-state index is -0.739. The van der Waals surface area contributed by atoms with E-state index in [-0.39, 0.29) is 24.9 Å². The van der Waals surface area contributed by atoms with Gasteiger partial charge in [-0.05, 0) is 54.3 Å². The fourth-order valence-electron chi connectivity index (χ4n) is 3.99. The highest BCUT2D eigenvalue weighted by molar-refractivity contribution is 5.85. The van der Waals surface area contributed by atoms with Crippen LogP contribution in [0.3, 0.4) is 0 Å². The van der Waals surface area contributed by atoms with E-state index in [2.05, 4.69) is 23.1 Å². The number of nitrogens with zero attached hydrogens (tertiary/aromatic N) is 1. The summed E-state index contributed by atoms with van der Waals surface area (Å²) in [6.45, 7) is 0.901. The molecule has 4 rings (SSSR count). The van der Waals surface area contributed by atoms with Crippen molar-refractivity contribution in [3.8, 4) is 11.5 Å². The summed E-state index contributed by atoms with van der Waals surface area (Å²) in [7, 11) is 0. The van der Waals surface area contributed by atoms with Crippen LogP contribution in [0, 0.1) is 0 Å². The molecule has 3 aromatic rings. The average Bonchev–Trinajstić information content (AvgIpc) is 3.18. The van der Waals surface area contributed by atoms with Crippen LogP contribution in [-0.2, 0) is 11.2 Å². The summed E-state index contributed by atoms with van der Waals surface area (Å²) in [4.78, 5) is 13.3. The average molecular weight is 424 g/mol. The number of carboxylic acids is 1. The Morgan fingerprint density at radius 2 is 1.67 bits per heavy atom. The zero-order valence-electron chi connectivity index (χ0n) is 16.7. The van der Waals surface area contributed by atoms with Gasteiger partial charge in [0.1, 0.15) is 11.5 Å². The first-order valence-corrected chi connectivity index (χ1v) is 10.1. The van der Waals surface area contributed by atoms with Gasteiger partial charge in [0, 0.05) is 24.7 Å². The van der Waals surface area contributed by atoms with E-state index < -0.39 is 5.97 Å². The predicted octanol–water partition coefficient (Wildman–Crippen LogP) is 5.94. The van der Waals surface area contributed by atoms with Crippen molar-refractivity contribution in [1.82, 2.24) is 0 Å². The van der Waals surface area contributed by atoms with Crippen LogP contribution in [0.1, 0.15) is 30.4 Å². The van der Waals surface area contributed by atoms with Crippen LogP contribution in [0.25, 0.3) is 0 Å². The molecule has 0 unspecified atom stereocenters. The van der Waals surface area contributed by atoms with Crippen molar-refractivity contribution in [2.75, 3.05) is 11.4 Å². The lowest BCUT2D eigenvalue weighted by Gasteiger charge is -2.25. The second-order valence-electron chi connectivity index (χ2n) is 7.45. The summed E-state index contributed by atoms with van der Waals surface area (Å²) >= 11 is 0. The Morgan fingerprint density at radius 3 is 2.40 bits per heavy atom. The lowest BCUT2D eigenvalue weighted by atomic mass is 10.0. The lowest BCUT2D eigenvalue weighted by Crippen LogP contribution is -2.31. The minimum Gasteiger partial charge on any atom is -0.481 e. The maximum absolute atomic E-state index is 11.1. The van der Waals surface area contributed by atoms with Crippen LogP contribution in [0.2, 0.25) is 0 Å². The van der Waals surface area contributed by atoms with Crippen molar-refractivity contribution in [1.29, 1.82) is 0 Å². The van der Waals surface area contributed by atoms with Crippen molar-refractivity contribution < 1.29 is 14.6 Å². The van der Waals surface area contributed by atoms with Crippen molar-refractivity contribution in [2.45, 2.75) is 31.7 Å². The molecule has 0 spiro atoms. The molecule has 1 atom stereocenters. The number of carboxylic acid groups (broad SMARTS) is 1. The number of rotatable bonds is 7. The Labute approximate surface area is 183 Å². The van der Waals surface area contributed by atoms with Gasteiger partial charge in [0.2, 0.25) is 0 Å². The number of hydrogen-bond donors (Lipinski definition) is 1. The molecule has 0 saturated carbocycles. The molecular formula is C25H26ClNO3. The minimum absolute atomic E-state index is 0. The third-order valence-corrected chi connectivity index (χ3v) is 5.39. The highest BCUT2D eigenvalue weighted by atomic mass is 35.5. The number of anilines is 1. The molecule has 30 heavy (non-hydrogen) atoms. The Kier molecular flexibility index (Phi) is 7.36. The molecule has 5 heteroatoms. The molecule has 1 fully saturated rings. The van der Waals surface area contributed by atoms with E-state index in [1.807, 2.05) is 60.7 Å². The second-order valence-corrected chi connectivity index (χ2v) is 7.45. The van der Waals surface area contributed by atoms with Crippen molar-refractivity contribution in [3.05, 3.63) is 90.0 Å². The van der Waals surface area contributed by atoms with E-state index >= 15 is 0 Å². The standard InChI is InChI=1S/C25H25NO3.ClH/c27-25(28)18-22-10-6-16-26(22)21-12-14-23(15-13-21)29-24-11-5-4-9-20(24)17-19-7-2-1-3-8-19;/h1-5,7-9,11-15,22H,6,10,16-18H2,(H,27,28);1H/t22-;/m1./s1. The monoisotopic (exact) mass is 423 g/mol. The first-order chi connectivity index (χ1) is 14.2.